The van der Waals surface area contributed by atoms with Gasteiger partial charge in [-0.25, -0.2) is 4.39 Å². The van der Waals surface area contributed by atoms with Gasteiger partial charge in [-0.05, 0) is 18.2 Å². The lowest BCUT2D eigenvalue weighted by molar-refractivity contribution is 0.0781. The third-order valence-electron chi connectivity index (χ3n) is 2.92. The van der Waals surface area contributed by atoms with Gasteiger partial charge in [0.25, 0.3) is 5.91 Å². The Morgan fingerprint density at radius 2 is 1.90 bits per heavy atom. The monoisotopic (exact) mass is 275 g/mol. The summed E-state index contributed by atoms with van der Waals surface area (Å²) in [7, 11) is 1.51. The van der Waals surface area contributed by atoms with Crippen LogP contribution in [0, 0.1) is 5.82 Å². The van der Waals surface area contributed by atoms with Gasteiger partial charge in [0, 0.05) is 25.2 Å². The summed E-state index contributed by atoms with van der Waals surface area (Å²) >= 11 is 0. The molecule has 0 fully saturated rings. The molecule has 20 heavy (non-hydrogen) atoms. The van der Waals surface area contributed by atoms with Crippen LogP contribution in [-0.4, -0.2) is 28.1 Å². The van der Waals surface area contributed by atoms with Crippen molar-refractivity contribution >= 4 is 5.91 Å². The van der Waals surface area contributed by atoms with E-state index in [4.69, 9.17) is 0 Å². The first kappa shape index (κ1) is 13.9. The van der Waals surface area contributed by atoms with Crippen molar-refractivity contribution in [2.45, 2.75) is 6.54 Å². The van der Waals surface area contributed by atoms with E-state index in [0.717, 1.165) is 6.07 Å². The van der Waals surface area contributed by atoms with Crippen molar-refractivity contribution in [3.8, 4) is 11.5 Å². The first-order valence-corrected chi connectivity index (χ1v) is 6.00. The fourth-order valence-corrected chi connectivity index (χ4v) is 1.86. The number of phenolic OH excluding ortho intramolecular Hbond substituents is 2. The van der Waals surface area contributed by atoms with Crippen molar-refractivity contribution in [1.29, 1.82) is 0 Å². The second-order valence-electron chi connectivity index (χ2n) is 4.45. The van der Waals surface area contributed by atoms with Crippen LogP contribution in [0.5, 0.6) is 11.5 Å². The van der Waals surface area contributed by atoms with E-state index < -0.39 is 5.91 Å². The number of hydrogen-bond acceptors (Lipinski definition) is 3. The number of carbonyl (C=O) groups is 1. The lowest BCUT2D eigenvalue weighted by Crippen LogP contribution is -2.26. The number of hydrogen-bond donors (Lipinski definition) is 2. The maximum absolute atomic E-state index is 13.5. The standard InChI is InChI=1S/C15H14FNO3/c1-17(9-10-4-2-3-5-13(10)16)15(20)12-7-6-11(18)8-14(12)19/h2-8,18-19H,9H2,1H3. The minimum atomic E-state index is -0.453. The number of phenols is 2. The van der Waals surface area contributed by atoms with E-state index in [1.165, 1.54) is 30.1 Å². The summed E-state index contributed by atoms with van der Waals surface area (Å²) < 4.78 is 13.5. The molecule has 0 aliphatic rings. The molecule has 0 aromatic heterocycles. The van der Waals surface area contributed by atoms with Crippen LogP contribution in [0.2, 0.25) is 0 Å². The van der Waals surface area contributed by atoms with E-state index in [1.54, 1.807) is 18.2 Å². The zero-order chi connectivity index (χ0) is 14.7. The Kier molecular flexibility index (Phi) is 3.89. The molecule has 2 aromatic carbocycles. The highest BCUT2D eigenvalue weighted by atomic mass is 19.1. The number of halogens is 1. The van der Waals surface area contributed by atoms with Crippen LogP contribution in [-0.2, 0) is 6.54 Å². The van der Waals surface area contributed by atoms with Crippen molar-refractivity contribution in [3.05, 3.63) is 59.4 Å². The van der Waals surface area contributed by atoms with E-state index in [9.17, 15) is 19.4 Å². The number of benzene rings is 2. The van der Waals surface area contributed by atoms with Gasteiger partial charge in [0.05, 0.1) is 5.56 Å². The molecule has 5 heteroatoms. The van der Waals surface area contributed by atoms with E-state index >= 15 is 0 Å². The summed E-state index contributed by atoms with van der Waals surface area (Å²) in [6.07, 6.45) is 0. The van der Waals surface area contributed by atoms with Gasteiger partial charge in [-0.2, -0.15) is 0 Å². The Morgan fingerprint density at radius 3 is 2.55 bits per heavy atom. The van der Waals surface area contributed by atoms with Crippen molar-refractivity contribution in [3.63, 3.8) is 0 Å². The zero-order valence-corrected chi connectivity index (χ0v) is 10.9. The highest BCUT2D eigenvalue weighted by molar-refractivity contribution is 5.96. The Hall–Kier alpha value is -2.56. The predicted octanol–water partition coefficient (Wildman–Crippen LogP) is 2.51. The molecule has 4 nitrogen and oxygen atoms in total. The topological polar surface area (TPSA) is 60.8 Å². The number of rotatable bonds is 3. The molecule has 2 rings (SSSR count). The molecule has 0 saturated heterocycles. The second kappa shape index (κ2) is 5.61. The van der Waals surface area contributed by atoms with Gasteiger partial charge in [0.2, 0.25) is 0 Å². The molecule has 0 saturated carbocycles. The van der Waals surface area contributed by atoms with Crippen LogP contribution < -0.4 is 0 Å². The maximum atomic E-state index is 13.5. The fraction of sp³-hybridized carbons (Fsp3) is 0.133. The molecule has 2 N–H and O–H groups in total. The fourth-order valence-electron chi connectivity index (χ4n) is 1.86. The number of nitrogens with zero attached hydrogens (tertiary/aromatic N) is 1. The molecule has 0 unspecified atom stereocenters. The van der Waals surface area contributed by atoms with Crippen LogP contribution in [0.15, 0.2) is 42.5 Å². The second-order valence-corrected chi connectivity index (χ2v) is 4.45. The average Bonchev–Trinajstić information content (AvgIpc) is 2.40. The summed E-state index contributed by atoms with van der Waals surface area (Å²) in [5.74, 6) is -1.28. The van der Waals surface area contributed by atoms with Gasteiger partial charge in [-0.3, -0.25) is 4.79 Å². The molecule has 0 atom stereocenters. The molecule has 0 bridgehead atoms. The Bertz CT molecular complexity index is 643. The molecular formula is C15H14FNO3. The SMILES string of the molecule is CN(Cc1ccccc1F)C(=O)c1ccc(O)cc1O. The summed E-state index contributed by atoms with van der Waals surface area (Å²) in [6.45, 7) is 0.0891. The molecule has 1 amide bonds. The van der Waals surface area contributed by atoms with Crippen LogP contribution in [0.3, 0.4) is 0 Å². The molecule has 0 spiro atoms. The number of amides is 1. The maximum Gasteiger partial charge on any atom is 0.257 e. The predicted molar refractivity (Wildman–Crippen MR) is 72.0 cm³/mol. The van der Waals surface area contributed by atoms with Crippen LogP contribution >= 0.6 is 0 Å². The Labute approximate surface area is 115 Å². The lowest BCUT2D eigenvalue weighted by atomic mass is 10.1. The van der Waals surface area contributed by atoms with Crippen molar-refractivity contribution in [2.75, 3.05) is 7.05 Å². The van der Waals surface area contributed by atoms with E-state index in [1.807, 2.05) is 0 Å². The van der Waals surface area contributed by atoms with Gasteiger partial charge >= 0.3 is 0 Å². The third kappa shape index (κ3) is 2.88. The van der Waals surface area contributed by atoms with Crippen LogP contribution in [0.1, 0.15) is 15.9 Å². The molecular weight excluding hydrogens is 261 g/mol. The first-order valence-electron chi connectivity index (χ1n) is 6.00. The Morgan fingerprint density at radius 1 is 1.20 bits per heavy atom. The van der Waals surface area contributed by atoms with E-state index in [-0.39, 0.29) is 29.4 Å². The Balaban J connectivity index is 2.19. The molecule has 104 valence electrons. The minimum absolute atomic E-state index is 0.0571. The lowest BCUT2D eigenvalue weighted by Gasteiger charge is -2.18. The van der Waals surface area contributed by atoms with Gasteiger partial charge < -0.3 is 15.1 Å². The summed E-state index contributed by atoms with van der Waals surface area (Å²) in [5, 5.41) is 18.8. The summed E-state index contributed by atoms with van der Waals surface area (Å²) in [6, 6.07) is 9.90. The quantitative estimate of drug-likeness (QED) is 0.904. The normalized spacial score (nSPS) is 10.3. The first-order chi connectivity index (χ1) is 9.49. The minimum Gasteiger partial charge on any atom is -0.508 e. The van der Waals surface area contributed by atoms with Crippen LogP contribution in [0.4, 0.5) is 4.39 Å². The van der Waals surface area contributed by atoms with E-state index in [0.29, 0.717) is 5.56 Å². The molecule has 0 aliphatic heterocycles. The molecule has 0 aliphatic carbocycles. The van der Waals surface area contributed by atoms with Gasteiger partial charge in [-0.15, -0.1) is 0 Å². The number of aromatic hydroxyl groups is 2. The molecule has 0 radical (unpaired) electrons. The summed E-state index contributed by atoms with van der Waals surface area (Å²) in [4.78, 5) is 13.5. The van der Waals surface area contributed by atoms with Crippen molar-refractivity contribution < 1.29 is 19.4 Å². The van der Waals surface area contributed by atoms with Crippen molar-refractivity contribution in [1.82, 2.24) is 4.90 Å². The van der Waals surface area contributed by atoms with Gasteiger partial charge in [0.15, 0.2) is 0 Å². The van der Waals surface area contributed by atoms with Crippen LogP contribution in [0.25, 0.3) is 0 Å². The highest BCUT2D eigenvalue weighted by Gasteiger charge is 2.17. The zero-order valence-electron chi connectivity index (χ0n) is 10.9. The molecule has 2 aromatic rings. The smallest absolute Gasteiger partial charge is 0.257 e. The van der Waals surface area contributed by atoms with Gasteiger partial charge in [0.1, 0.15) is 17.3 Å². The largest absolute Gasteiger partial charge is 0.508 e. The highest BCUT2D eigenvalue weighted by Crippen LogP contribution is 2.24. The van der Waals surface area contributed by atoms with Crippen molar-refractivity contribution in [2.24, 2.45) is 0 Å². The van der Waals surface area contributed by atoms with E-state index in [2.05, 4.69) is 0 Å². The average molecular weight is 275 g/mol. The summed E-state index contributed by atoms with van der Waals surface area (Å²) in [5.41, 5.74) is 0.447. The molecule has 0 heterocycles. The number of carbonyl (C=O) groups excluding carboxylic acids is 1. The van der Waals surface area contributed by atoms with Gasteiger partial charge in [-0.1, -0.05) is 18.2 Å². The third-order valence-corrected chi connectivity index (χ3v) is 2.92.